The smallest absolute Gasteiger partial charge is 0.407 e. The maximum Gasteiger partial charge on any atom is 0.407 e. The van der Waals surface area contributed by atoms with Gasteiger partial charge in [-0.2, -0.15) is 0 Å². The standard InChI is InChI=1S/C26H31F2N3O4/c27-21-9-12-31(15-21)25(32)24(29)14-20-2-1-19(13-23(20)28)18-3-5-22(6-4-18)35-16-17-7-10-30(11-8-17)26(33)34/h1-6,13,17,21,24H,7-12,14-16,29H2,(H,33,34)/t21-,24-/m0/s1. The summed E-state index contributed by atoms with van der Waals surface area (Å²) in [4.78, 5) is 26.2. The Morgan fingerprint density at radius 3 is 2.29 bits per heavy atom. The molecule has 2 fully saturated rings. The number of ether oxygens (including phenoxy) is 1. The van der Waals surface area contributed by atoms with Gasteiger partial charge in [-0.15, -0.1) is 0 Å². The van der Waals surface area contributed by atoms with Crippen LogP contribution in [0, 0.1) is 11.7 Å². The average Bonchev–Trinajstić information content (AvgIpc) is 3.30. The fourth-order valence-corrected chi connectivity index (χ4v) is 4.62. The topological polar surface area (TPSA) is 96.1 Å². The van der Waals surface area contributed by atoms with Crippen molar-refractivity contribution in [2.75, 3.05) is 32.8 Å². The molecule has 2 saturated heterocycles. The number of carbonyl (C=O) groups is 2. The predicted molar refractivity (Wildman–Crippen MR) is 127 cm³/mol. The summed E-state index contributed by atoms with van der Waals surface area (Å²) in [6.07, 6.45) is 0.0305. The van der Waals surface area contributed by atoms with Crippen LogP contribution in [0.1, 0.15) is 24.8 Å². The van der Waals surface area contributed by atoms with Crippen LogP contribution in [-0.4, -0.2) is 71.9 Å². The quantitative estimate of drug-likeness (QED) is 0.621. The first-order valence-electron chi connectivity index (χ1n) is 12.0. The second-order valence-electron chi connectivity index (χ2n) is 9.34. The van der Waals surface area contributed by atoms with E-state index in [9.17, 15) is 18.4 Å². The number of hydrogen-bond donors (Lipinski definition) is 2. The number of alkyl halides is 1. The summed E-state index contributed by atoms with van der Waals surface area (Å²) < 4.78 is 34.0. The Morgan fingerprint density at radius 1 is 1.03 bits per heavy atom. The SMILES string of the molecule is N[C@@H](Cc1ccc(-c2ccc(OCC3CCN(C(=O)O)CC3)cc2)cc1F)C(=O)N1CC[C@H](F)C1. The van der Waals surface area contributed by atoms with Gasteiger partial charge >= 0.3 is 6.09 Å². The van der Waals surface area contributed by atoms with E-state index in [1.807, 2.05) is 24.3 Å². The first-order valence-corrected chi connectivity index (χ1v) is 12.0. The third kappa shape index (κ3) is 6.28. The van der Waals surface area contributed by atoms with E-state index in [0.717, 1.165) is 18.4 Å². The predicted octanol–water partition coefficient (Wildman–Crippen LogP) is 3.70. The molecule has 2 amide bonds. The van der Waals surface area contributed by atoms with E-state index in [-0.39, 0.29) is 18.9 Å². The Labute approximate surface area is 203 Å². The van der Waals surface area contributed by atoms with Crippen LogP contribution in [-0.2, 0) is 11.2 Å². The number of amides is 2. The molecule has 0 radical (unpaired) electrons. The van der Waals surface area contributed by atoms with Gasteiger partial charge in [0, 0.05) is 19.6 Å². The Balaban J connectivity index is 1.30. The van der Waals surface area contributed by atoms with E-state index in [1.165, 1.54) is 15.9 Å². The van der Waals surface area contributed by atoms with Crippen LogP contribution in [0.25, 0.3) is 11.1 Å². The first-order chi connectivity index (χ1) is 16.8. The number of carboxylic acid groups (broad SMARTS) is 1. The Hall–Kier alpha value is -3.20. The summed E-state index contributed by atoms with van der Waals surface area (Å²) in [5.74, 6) is 0.225. The Morgan fingerprint density at radius 2 is 1.69 bits per heavy atom. The molecule has 0 spiro atoms. The highest BCUT2D eigenvalue weighted by atomic mass is 19.1. The van der Waals surface area contributed by atoms with Gasteiger partial charge in [0.1, 0.15) is 17.7 Å². The number of piperidine rings is 1. The van der Waals surface area contributed by atoms with Gasteiger partial charge in [-0.1, -0.05) is 24.3 Å². The van der Waals surface area contributed by atoms with E-state index >= 15 is 0 Å². The van der Waals surface area contributed by atoms with Crippen molar-refractivity contribution < 1.29 is 28.2 Å². The fourth-order valence-electron chi connectivity index (χ4n) is 4.62. The monoisotopic (exact) mass is 487 g/mol. The highest BCUT2D eigenvalue weighted by Gasteiger charge is 2.29. The molecular formula is C26H31F2N3O4. The van der Waals surface area contributed by atoms with Crippen molar-refractivity contribution in [3.05, 3.63) is 53.8 Å². The van der Waals surface area contributed by atoms with Crippen LogP contribution >= 0.6 is 0 Å². The normalized spacial score (nSPS) is 19.6. The summed E-state index contributed by atoms with van der Waals surface area (Å²) >= 11 is 0. The minimum Gasteiger partial charge on any atom is -0.493 e. The van der Waals surface area contributed by atoms with Crippen molar-refractivity contribution in [2.45, 2.75) is 37.9 Å². The zero-order valence-corrected chi connectivity index (χ0v) is 19.5. The molecule has 0 bridgehead atoms. The maximum absolute atomic E-state index is 14.8. The average molecular weight is 488 g/mol. The number of nitrogens with two attached hydrogens (primary N) is 1. The van der Waals surface area contributed by atoms with Gasteiger partial charge in [0.15, 0.2) is 0 Å². The third-order valence-electron chi connectivity index (χ3n) is 6.81. The van der Waals surface area contributed by atoms with Crippen LogP contribution < -0.4 is 10.5 Å². The Bertz CT molecular complexity index is 1040. The minimum absolute atomic E-state index is 0.0522. The molecule has 2 aliphatic heterocycles. The van der Waals surface area contributed by atoms with Crippen molar-refractivity contribution in [3.8, 4) is 16.9 Å². The fraction of sp³-hybridized carbons (Fsp3) is 0.462. The molecule has 4 rings (SSSR count). The summed E-state index contributed by atoms with van der Waals surface area (Å²) in [7, 11) is 0. The number of nitrogens with zero attached hydrogens (tertiary/aromatic N) is 2. The van der Waals surface area contributed by atoms with Crippen LogP contribution in [0.2, 0.25) is 0 Å². The lowest BCUT2D eigenvalue weighted by atomic mass is 9.98. The summed E-state index contributed by atoms with van der Waals surface area (Å²) in [6, 6.07) is 11.3. The van der Waals surface area contributed by atoms with Gasteiger partial charge in [-0.25, -0.2) is 13.6 Å². The number of hydrogen-bond acceptors (Lipinski definition) is 4. The molecule has 7 nitrogen and oxygen atoms in total. The molecule has 188 valence electrons. The lowest BCUT2D eigenvalue weighted by Gasteiger charge is -2.29. The molecule has 0 aromatic heterocycles. The molecule has 0 saturated carbocycles. The molecule has 3 N–H and O–H groups in total. The van der Waals surface area contributed by atoms with Crippen LogP contribution in [0.4, 0.5) is 13.6 Å². The largest absolute Gasteiger partial charge is 0.493 e. The number of rotatable bonds is 7. The molecule has 2 atom stereocenters. The molecule has 2 aliphatic rings. The van der Waals surface area contributed by atoms with Crippen molar-refractivity contribution in [2.24, 2.45) is 11.7 Å². The van der Waals surface area contributed by atoms with Gasteiger partial charge in [-0.05, 0) is 66.5 Å². The van der Waals surface area contributed by atoms with Crippen LogP contribution in [0.5, 0.6) is 5.75 Å². The molecule has 0 unspecified atom stereocenters. The first kappa shape index (κ1) is 24.9. The zero-order chi connectivity index (χ0) is 24.9. The van der Waals surface area contributed by atoms with Gasteiger partial charge in [-0.3, -0.25) is 4.79 Å². The van der Waals surface area contributed by atoms with Crippen molar-refractivity contribution >= 4 is 12.0 Å². The molecular weight excluding hydrogens is 456 g/mol. The molecule has 9 heteroatoms. The van der Waals surface area contributed by atoms with Gasteiger partial charge in [0.25, 0.3) is 0 Å². The number of carbonyl (C=O) groups excluding carboxylic acids is 1. The lowest BCUT2D eigenvalue weighted by Crippen LogP contribution is -2.44. The van der Waals surface area contributed by atoms with Crippen molar-refractivity contribution in [1.82, 2.24) is 9.80 Å². The van der Waals surface area contributed by atoms with Gasteiger partial charge in [0.2, 0.25) is 5.91 Å². The van der Waals surface area contributed by atoms with E-state index in [1.54, 1.807) is 12.1 Å². The number of halogens is 2. The van der Waals surface area contributed by atoms with Crippen LogP contribution in [0.3, 0.4) is 0 Å². The van der Waals surface area contributed by atoms with Crippen LogP contribution in [0.15, 0.2) is 42.5 Å². The zero-order valence-electron chi connectivity index (χ0n) is 19.5. The van der Waals surface area contributed by atoms with E-state index in [2.05, 4.69) is 0 Å². The maximum atomic E-state index is 14.8. The van der Waals surface area contributed by atoms with Gasteiger partial charge in [0.05, 0.1) is 19.2 Å². The van der Waals surface area contributed by atoms with Crippen molar-refractivity contribution in [3.63, 3.8) is 0 Å². The minimum atomic E-state index is -1.02. The van der Waals surface area contributed by atoms with E-state index < -0.39 is 24.1 Å². The highest BCUT2D eigenvalue weighted by molar-refractivity contribution is 5.82. The second kappa shape index (κ2) is 11.0. The molecule has 2 heterocycles. The van der Waals surface area contributed by atoms with Gasteiger partial charge < -0.3 is 25.4 Å². The molecule has 0 aliphatic carbocycles. The molecule has 2 aromatic rings. The Kier molecular flexibility index (Phi) is 7.85. The third-order valence-corrected chi connectivity index (χ3v) is 6.81. The van der Waals surface area contributed by atoms with E-state index in [4.69, 9.17) is 15.6 Å². The summed E-state index contributed by atoms with van der Waals surface area (Å²) in [5.41, 5.74) is 7.85. The second-order valence-corrected chi connectivity index (χ2v) is 9.34. The van der Waals surface area contributed by atoms with E-state index in [0.29, 0.717) is 55.5 Å². The summed E-state index contributed by atoms with van der Waals surface area (Å²) in [6.45, 7) is 1.98. The number of benzene rings is 2. The molecule has 35 heavy (non-hydrogen) atoms. The van der Waals surface area contributed by atoms with Crippen molar-refractivity contribution in [1.29, 1.82) is 0 Å². The highest BCUT2D eigenvalue weighted by Crippen LogP contribution is 2.26. The lowest BCUT2D eigenvalue weighted by molar-refractivity contribution is -0.131. The molecule has 2 aromatic carbocycles. The number of likely N-dealkylation sites (tertiary alicyclic amines) is 2. The summed E-state index contributed by atoms with van der Waals surface area (Å²) in [5, 5.41) is 9.03.